The highest BCUT2D eigenvalue weighted by Gasteiger charge is 2.22. The number of methoxy groups -OCH3 is 1. The van der Waals surface area contributed by atoms with E-state index >= 15 is 0 Å². The molecule has 2 N–H and O–H groups in total. The number of fused-ring (bicyclic) bond motifs is 1. The number of aromatic hydroxyl groups is 1. The number of amides is 1. The molecule has 1 heterocycles. The number of carbonyl (C=O) groups is 2. The van der Waals surface area contributed by atoms with Gasteiger partial charge in [-0.2, -0.15) is 0 Å². The van der Waals surface area contributed by atoms with Crippen LogP contribution < -0.4 is 14.8 Å². The summed E-state index contributed by atoms with van der Waals surface area (Å²) in [5, 5.41) is 12.1. The molecule has 0 spiro atoms. The second-order valence-corrected chi connectivity index (χ2v) is 6.91. The molecule has 0 saturated heterocycles. The summed E-state index contributed by atoms with van der Waals surface area (Å²) >= 11 is 0. The van der Waals surface area contributed by atoms with Crippen LogP contribution in [0.5, 0.6) is 17.2 Å². The van der Waals surface area contributed by atoms with Crippen LogP contribution in [0.25, 0.3) is 0 Å². The third-order valence-corrected chi connectivity index (χ3v) is 4.75. The number of phenols is 1. The summed E-state index contributed by atoms with van der Waals surface area (Å²) in [5.74, 6) is 0.984. The van der Waals surface area contributed by atoms with Gasteiger partial charge in [-0.15, -0.1) is 0 Å². The van der Waals surface area contributed by atoms with Crippen LogP contribution >= 0.6 is 0 Å². The van der Waals surface area contributed by atoms with E-state index in [1.807, 2.05) is 18.2 Å². The minimum atomic E-state index is -0.758. The minimum Gasteiger partial charge on any atom is -0.508 e. The van der Waals surface area contributed by atoms with E-state index in [4.69, 9.17) is 14.2 Å². The van der Waals surface area contributed by atoms with Gasteiger partial charge in [-0.3, -0.25) is 4.79 Å². The highest BCUT2D eigenvalue weighted by atomic mass is 16.7. The Morgan fingerprint density at radius 3 is 2.55 bits per heavy atom. The van der Waals surface area contributed by atoms with Crippen molar-refractivity contribution in [3.05, 3.63) is 53.6 Å². The van der Waals surface area contributed by atoms with Gasteiger partial charge in [0, 0.05) is 12.8 Å². The van der Waals surface area contributed by atoms with Crippen molar-refractivity contribution in [3.63, 3.8) is 0 Å². The van der Waals surface area contributed by atoms with Gasteiger partial charge < -0.3 is 24.6 Å². The quantitative estimate of drug-likeness (QED) is 0.497. The van der Waals surface area contributed by atoms with Gasteiger partial charge in [0.15, 0.2) is 11.5 Å². The maximum absolute atomic E-state index is 12.3. The second-order valence-electron chi connectivity index (χ2n) is 6.91. The van der Waals surface area contributed by atoms with Gasteiger partial charge in [0.2, 0.25) is 12.7 Å². The molecule has 1 atom stereocenters. The van der Waals surface area contributed by atoms with E-state index < -0.39 is 12.0 Å². The Labute approximate surface area is 169 Å². The first-order chi connectivity index (χ1) is 14.0. The van der Waals surface area contributed by atoms with E-state index in [2.05, 4.69) is 5.32 Å². The van der Waals surface area contributed by atoms with E-state index in [1.165, 1.54) is 7.11 Å². The van der Waals surface area contributed by atoms with Crippen molar-refractivity contribution in [2.45, 2.75) is 38.1 Å². The zero-order chi connectivity index (χ0) is 20.6. The molecule has 29 heavy (non-hydrogen) atoms. The van der Waals surface area contributed by atoms with Gasteiger partial charge in [0.1, 0.15) is 11.8 Å². The van der Waals surface area contributed by atoms with Crippen LogP contribution in [0.4, 0.5) is 0 Å². The molecular weight excluding hydrogens is 374 g/mol. The van der Waals surface area contributed by atoms with Gasteiger partial charge in [-0.05, 0) is 54.7 Å². The standard InChI is InChI=1S/C22H25NO6/c1-27-22(26)18(12-16-6-9-17(24)10-7-16)23-21(25)5-3-2-4-15-8-11-19-20(13-15)29-14-28-19/h6-11,13,18,24H,2-5,12,14H2,1H3,(H,23,25)/t18-/m0/s1. The first-order valence-electron chi connectivity index (χ1n) is 9.59. The largest absolute Gasteiger partial charge is 0.508 e. The molecule has 0 radical (unpaired) electrons. The SMILES string of the molecule is COC(=O)[C@H](Cc1ccc(O)cc1)NC(=O)CCCCc1ccc2c(c1)OCO2. The lowest BCUT2D eigenvalue weighted by Gasteiger charge is -2.16. The summed E-state index contributed by atoms with van der Waals surface area (Å²) in [7, 11) is 1.30. The average Bonchev–Trinajstić information content (AvgIpc) is 3.19. The zero-order valence-corrected chi connectivity index (χ0v) is 16.3. The number of aryl methyl sites for hydroxylation is 1. The van der Waals surface area contributed by atoms with Gasteiger partial charge in [-0.1, -0.05) is 18.2 Å². The van der Waals surface area contributed by atoms with E-state index in [9.17, 15) is 14.7 Å². The van der Waals surface area contributed by atoms with Gasteiger partial charge in [0.05, 0.1) is 7.11 Å². The molecule has 2 aromatic carbocycles. The molecular formula is C22H25NO6. The number of hydrogen-bond donors (Lipinski definition) is 2. The lowest BCUT2D eigenvalue weighted by atomic mass is 10.0. The molecule has 3 rings (SSSR count). The Balaban J connectivity index is 1.44. The summed E-state index contributed by atoms with van der Waals surface area (Å²) in [5.41, 5.74) is 1.95. The smallest absolute Gasteiger partial charge is 0.328 e. The van der Waals surface area contributed by atoms with Crippen molar-refractivity contribution in [2.24, 2.45) is 0 Å². The van der Waals surface area contributed by atoms with Crippen LogP contribution in [-0.4, -0.2) is 36.9 Å². The summed E-state index contributed by atoms with van der Waals surface area (Å²) in [6.07, 6.45) is 3.00. The maximum atomic E-state index is 12.3. The lowest BCUT2D eigenvalue weighted by Crippen LogP contribution is -2.43. The summed E-state index contributed by atoms with van der Waals surface area (Å²) in [6, 6.07) is 11.6. The Morgan fingerprint density at radius 1 is 1.07 bits per heavy atom. The predicted octanol–water partition coefficient (Wildman–Crippen LogP) is 2.73. The molecule has 0 saturated carbocycles. The summed E-state index contributed by atoms with van der Waals surface area (Å²) < 4.78 is 15.5. The molecule has 2 aromatic rings. The molecule has 0 unspecified atom stereocenters. The number of ether oxygens (including phenoxy) is 3. The molecule has 7 nitrogen and oxygen atoms in total. The van der Waals surface area contributed by atoms with Crippen molar-refractivity contribution < 1.29 is 28.9 Å². The van der Waals surface area contributed by atoms with Crippen LogP contribution in [0.15, 0.2) is 42.5 Å². The fourth-order valence-corrected chi connectivity index (χ4v) is 3.18. The van der Waals surface area contributed by atoms with Crippen molar-refractivity contribution in [1.82, 2.24) is 5.32 Å². The first-order valence-corrected chi connectivity index (χ1v) is 9.59. The average molecular weight is 399 g/mol. The third kappa shape index (κ3) is 5.88. The third-order valence-electron chi connectivity index (χ3n) is 4.75. The van der Waals surface area contributed by atoms with Gasteiger partial charge in [-0.25, -0.2) is 4.79 Å². The maximum Gasteiger partial charge on any atom is 0.328 e. The van der Waals surface area contributed by atoms with Crippen LogP contribution in [0.1, 0.15) is 30.4 Å². The van der Waals surface area contributed by atoms with Crippen molar-refractivity contribution in [1.29, 1.82) is 0 Å². The molecule has 1 amide bonds. The number of nitrogens with one attached hydrogen (secondary N) is 1. The molecule has 0 aromatic heterocycles. The number of unbranched alkanes of at least 4 members (excludes halogenated alkanes) is 1. The highest BCUT2D eigenvalue weighted by molar-refractivity contribution is 5.84. The van der Waals surface area contributed by atoms with Gasteiger partial charge >= 0.3 is 5.97 Å². The fraction of sp³-hybridized carbons (Fsp3) is 0.364. The normalized spacial score (nSPS) is 13.0. The number of benzene rings is 2. The number of hydrogen-bond acceptors (Lipinski definition) is 6. The lowest BCUT2D eigenvalue weighted by molar-refractivity contribution is -0.145. The Bertz CT molecular complexity index is 849. The molecule has 1 aliphatic heterocycles. The number of esters is 1. The number of carbonyl (C=O) groups excluding carboxylic acids is 2. The fourth-order valence-electron chi connectivity index (χ4n) is 3.18. The van der Waals surface area contributed by atoms with Crippen molar-refractivity contribution >= 4 is 11.9 Å². The molecule has 7 heteroatoms. The molecule has 154 valence electrons. The van der Waals surface area contributed by atoms with E-state index in [1.54, 1.807) is 24.3 Å². The molecule has 0 bridgehead atoms. The highest BCUT2D eigenvalue weighted by Crippen LogP contribution is 2.32. The van der Waals surface area contributed by atoms with E-state index in [0.29, 0.717) is 19.3 Å². The van der Waals surface area contributed by atoms with Crippen LogP contribution in [0.2, 0.25) is 0 Å². The Hall–Kier alpha value is -3.22. The summed E-state index contributed by atoms with van der Waals surface area (Å²) in [6.45, 7) is 0.254. The van der Waals surface area contributed by atoms with Crippen molar-refractivity contribution in [2.75, 3.05) is 13.9 Å². The van der Waals surface area contributed by atoms with E-state index in [0.717, 1.165) is 35.5 Å². The Kier molecular flexibility index (Phi) is 6.94. The van der Waals surface area contributed by atoms with Crippen LogP contribution in [0.3, 0.4) is 0 Å². The minimum absolute atomic E-state index is 0.148. The zero-order valence-electron chi connectivity index (χ0n) is 16.3. The van der Waals surface area contributed by atoms with E-state index in [-0.39, 0.29) is 18.4 Å². The monoisotopic (exact) mass is 399 g/mol. The number of phenolic OH excluding ortho intramolecular Hbond substituents is 1. The first kappa shape index (κ1) is 20.5. The van der Waals surface area contributed by atoms with Crippen LogP contribution in [0, 0.1) is 0 Å². The van der Waals surface area contributed by atoms with Gasteiger partial charge in [0.25, 0.3) is 0 Å². The second kappa shape index (κ2) is 9.82. The summed E-state index contributed by atoms with van der Waals surface area (Å²) in [4.78, 5) is 24.3. The topological polar surface area (TPSA) is 94.1 Å². The number of rotatable bonds is 9. The molecule has 0 aliphatic carbocycles. The predicted molar refractivity (Wildman–Crippen MR) is 106 cm³/mol. The Morgan fingerprint density at radius 2 is 1.79 bits per heavy atom. The van der Waals surface area contributed by atoms with Crippen LogP contribution in [-0.2, 0) is 27.2 Å². The molecule has 1 aliphatic rings. The molecule has 0 fully saturated rings. The van der Waals surface area contributed by atoms with Crippen molar-refractivity contribution in [3.8, 4) is 17.2 Å².